The van der Waals surface area contributed by atoms with Gasteiger partial charge in [-0.05, 0) is 41.1 Å². The van der Waals surface area contributed by atoms with Crippen LogP contribution >= 0.6 is 27.3 Å². The Labute approximate surface area is 123 Å². The van der Waals surface area contributed by atoms with Crippen LogP contribution in [0.4, 0.5) is 5.69 Å². The van der Waals surface area contributed by atoms with Gasteiger partial charge in [0.25, 0.3) is 0 Å². The molecule has 0 amide bonds. The Morgan fingerprint density at radius 1 is 1.26 bits per heavy atom. The van der Waals surface area contributed by atoms with Gasteiger partial charge in [0, 0.05) is 9.85 Å². The summed E-state index contributed by atoms with van der Waals surface area (Å²) in [4.78, 5) is 1.07. The summed E-state index contributed by atoms with van der Waals surface area (Å²) in [5.74, 6) is 0. The van der Waals surface area contributed by atoms with Crippen LogP contribution < -0.4 is 5.73 Å². The molecule has 3 nitrogen and oxygen atoms in total. The molecule has 0 aliphatic rings. The molecule has 0 saturated carbocycles. The van der Waals surface area contributed by atoms with Crippen molar-refractivity contribution < 1.29 is 0 Å². The molecule has 96 valence electrons. The second kappa shape index (κ2) is 4.83. The van der Waals surface area contributed by atoms with Crippen molar-refractivity contribution in [3.05, 3.63) is 51.9 Å². The monoisotopic (exact) mass is 333 g/mol. The van der Waals surface area contributed by atoms with E-state index in [1.165, 1.54) is 5.56 Å². The van der Waals surface area contributed by atoms with Gasteiger partial charge in [0.05, 0.1) is 22.4 Å². The molecular formula is C14H12BrN3S. The number of nitrogens with zero attached hydrogens (tertiary/aromatic N) is 2. The standard InChI is InChI=1S/C14H12BrN3S/c1-9-2-4-11(5-3-9)18-7-12(16)14(17-18)13-6-10(15)8-19-13/h2-8H,16H2,1H3. The Morgan fingerprint density at radius 2 is 2.00 bits per heavy atom. The second-order valence-corrected chi connectivity index (χ2v) is 6.17. The van der Waals surface area contributed by atoms with Crippen LogP contribution in [0.3, 0.4) is 0 Å². The Morgan fingerprint density at radius 3 is 2.63 bits per heavy atom. The average molecular weight is 334 g/mol. The zero-order valence-electron chi connectivity index (χ0n) is 10.3. The third-order valence-electron chi connectivity index (χ3n) is 2.84. The van der Waals surface area contributed by atoms with Gasteiger partial charge in [-0.1, -0.05) is 17.7 Å². The largest absolute Gasteiger partial charge is 0.396 e. The molecule has 3 aromatic rings. The fourth-order valence-corrected chi connectivity index (χ4v) is 3.28. The molecule has 0 saturated heterocycles. The number of hydrogen-bond donors (Lipinski definition) is 1. The second-order valence-electron chi connectivity index (χ2n) is 4.34. The Kier molecular flexibility index (Phi) is 3.16. The van der Waals surface area contributed by atoms with E-state index in [9.17, 15) is 0 Å². The van der Waals surface area contributed by atoms with E-state index in [2.05, 4.69) is 40.1 Å². The fourth-order valence-electron chi connectivity index (χ4n) is 1.85. The van der Waals surface area contributed by atoms with E-state index < -0.39 is 0 Å². The summed E-state index contributed by atoms with van der Waals surface area (Å²) in [6.45, 7) is 2.07. The molecule has 0 aliphatic carbocycles. The van der Waals surface area contributed by atoms with Crippen molar-refractivity contribution in [3.63, 3.8) is 0 Å². The van der Waals surface area contributed by atoms with E-state index in [1.54, 1.807) is 11.3 Å². The van der Waals surface area contributed by atoms with Crippen LogP contribution in [0, 0.1) is 6.92 Å². The minimum atomic E-state index is 0.690. The number of halogens is 1. The first kappa shape index (κ1) is 12.4. The molecule has 0 atom stereocenters. The Bertz CT molecular complexity index is 713. The number of rotatable bonds is 2. The molecule has 2 aromatic heterocycles. The van der Waals surface area contributed by atoms with Crippen LogP contribution in [0.25, 0.3) is 16.3 Å². The average Bonchev–Trinajstić information content (AvgIpc) is 2.96. The highest BCUT2D eigenvalue weighted by atomic mass is 79.9. The van der Waals surface area contributed by atoms with E-state index in [0.29, 0.717) is 5.69 Å². The third kappa shape index (κ3) is 2.43. The zero-order valence-corrected chi connectivity index (χ0v) is 12.7. The van der Waals surface area contributed by atoms with Crippen molar-refractivity contribution in [1.82, 2.24) is 9.78 Å². The summed E-state index contributed by atoms with van der Waals surface area (Å²) >= 11 is 5.07. The van der Waals surface area contributed by atoms with Crippen molar-refractivity contribution in [2.75, 3.05) is 5.73 Å². The van der Waals surface area contributed by atoms with Gasteiger partial charge >= 0.3 is 0 Å². The highest BCUT2D eigenvalue weighted by molar-refractivity contribution is 9.10. The molecule has 0 radical (unpaired) electrons. The van der Waals surface area contributed by atoms with Crippen LogP contribution in [-0.4, -0.2) is 9.78 Å². The minimum absolute atomic E-state index is 0.690. The van der Waals surface area contributed by atoms with Gasteiger partial charge in [-0.25, -0.2) is 4.68 Å². The van der Waals surface area contributed by atoms with Crippen molar-refractivity contribution >= 4 is 33.0 Å². The number of nitrogen functional groups attached to an aromatic ring is 1. The lowest BCUT2D eigenvalue weighted by Crippen LogP contribution is -1.94. The molecule has 0 fully saturated rings. The lowest BCUT2D eigenvalue weighted by molar-refractivity contribution is 0.885. The molecule has 2 heterocycles. The number of benzene rings is 1. The molecule has 0 unspecified atom stereocenters. The quantitative estimate of drug-likeness (QED) is 0.761. The van der Waals surface area contributed by atoms with Gasteiger partial charge in [0.15, 0.2) is 0 Å². The minimum Gasteiger partial charge on any atom is -0.396 e. The van der Waals surface area contributed by atoms with Crippen LogP contribution in [0.2, 0.25) is 0 Å². The first-order valence-corrected chi connectivity index (χ1v) is 7.47. The highest BCUT2D eigenvalue weighted by Gasteiger charge is 2.11. The van der Waals surface area contributed by atoms with Crippen molar-refractivity contribution in [2.45, 2.75) is 6.92 Å². The maximum Gasteiger partial charge on any atom is 0.126 e. The predicted octanol–water partition coefficient (Wildman–Crippen LogP) is 4.25. The van der Waals surface area contributed by atoms with Gasteiger partial charge in [-0.3, -0.25) is 0 Å². The molecule has 0 spiro atoms. The third-order valence-corrected chi connectivity index (χ3v) is 4.54. The van der Waals surface area contributed by atoms with E-state index in [0.717, 1.165) is 20.7 Å². The maximum atomic E-state index is 6.06. The van der Waals surface area contributed by atoms with Crippen LogP contribution in [0.15, 0.2) is 46.4 Å². The lowest BCUT2D eigenvalue weighted by Gasteiger charge is -2.00. The van der Waals surface area contributed by atoms with Gasteiger partial charge in [-0.15, -0.1) is 11.3 Å². The maximum absolute atomic E-state index is 6.06. The van der Waals surface area contributed by atoms with Crippen molar-refractivity contribution in [1.29, 1.82) is 0 Å². The topological polar surface area (TPSA) is 43.8 Å². The number of anilines is 1. The highest BCUT2D eigenvalue weighted by Crippen LogP contribution is 2.32. The molecule has 19 heavy (non-hydrogen) atoms. The van der Waals surface area contributed by atoms with E-state index in [1.807, 2.05) is 34.5 Å². The van der Waals surface area contributed by atoms with E-state index in [4.69, 9.17) is 5.73 Å². The smallest absolute Gasteiger partial charge is 0.126 e. The summed E-state index contributed by atoms with van der Waals surface area (Å²) in [5, 5.41) is 6.60. The first-order valence-electron chi connectivity index (χ1n) is 5.80. The molecule has 2 N–H and O–H groups in total. The predicted molar refractivity (Wildman–Crippen MR) is 83.7 cm³/mol. The summed E-state index contributed by atoms with van der Waals surface area (Å²) in [7, 11) is 0. The number of aromatic nitrogens is 2. The normalized spacial score (nSPS) is 10.8. The lowest BCUT2D eigenvalue weighted by atomic mass is 10.2. The molecule has 0 aliphatic heterocycles. The molecule has 3 rings (SSSR count). The van der Waals surface area contributed by atoms with E-state index in [-0.39, 0.29) is 0 Å². The van der Waals surface area contributed by atoms with E-state index >= 15 is 0 Å². The molecule has 0 bridgehead atoms. The molecule has 5 heteroatoms. The van der Waals surface area contributed by atoms with Crippen molar-refractivity contribution in [2.24, 2.45) is 0 Å². The Balaban J connectivity index is 2.04. The van der Waals surface area contributed by atoms with Gasteiger partial charge in [0.2, 0.25) is 0 Å². The molecular weight excluding hydrogens is 322 g/mol. The van der Waals surface area contributed by atoms with Gasteiger partial charge < -0.3 is 5.73 Å². The summed E-state index contributed by atoms with van der Waals surface area (Å²) < 4.78 is 2.87. The zero-order chi connectivity index (χ0) is 13.4. The van der Waals surface area contributed by atoms with Crippen LogP contribution in [0.1, 0.15) is 5.56 Å². The Hall–Kier alpha value is -1.59. The summed E-state index contributed by atoms with van der Waals surface area (Å²) in [6.07, 6.45) is 1.85. The van der Waals surface area contributed by atoms with Crippen LogP contribution in [-0.2, 0) is 0 Å². The molecule has 1 aromatic carbocycles. The fraction of sp³-hybridized carbons (Fsp3) is 0.0714. The summed E-state index contributed by atoms with van der Waals surface area (Å²) in [5.41, 5.74) is 9.82. The number of thiophene rings is 1. The summed E-state index contributed by atoms with van der Waals surface area (Å²) in [6, 6.07) is 10.2. The SMILES string of the molecule is Cc1ccc(-n2cc(N)c(-c3cc(Br)cs3)n2)cc1. The van der Waals surface area contributed by atoms with Gasteiger partial charge in [0.1, 0.15) is 5.69 Å². The van der Waals surface area contributed by atoms with Gasteiger partial charge in [-0.2, -0.15) is 5.10 Å². The number of aryl methyl sites for hydroxylation is 1. The van der Waals surface area contributed by atoms with Crippen LogP contribution in [0.5, 0.6) is 0 Å². The first-order chi connectivity index (χ1) is 9.13. The number of hydrogen-bond acceptors (Lipinski definition) is 3. The number of nitrogens with two attached hydrogens (primary N) is 1. The van der Waals surface area contributed by atoms with Crippen molar-refractivity contribution in [3.8, 4) is 16.3 Å².